The van der Waals surface area contributed by atoms with Gasteiger partial charge in [-0.25, -0.2) is 23.1 Å². The number of nitrogens with one attached hydrogen (secondary N) is 1. The number of benzene rings is 2. The van der Waals surface area contributed by atoms with Crippen molar-refractivity contribution in [2.75, 3.05) is 4.72 Å². The molecule has 4 aromatic rings. The quantitative estimate of drug-likeness (QED) is 0.540. The summed E-state index contributed by atoms with van der Waals surface area (Å²) in [5.41, 5.74) is 0.427. The zero-order valence-electron chi connectivity index (χ0n) is 14.5. The molecule has 28 heavy (non-hydrogen) atoms. The minimum atomic E-state index is -3.64. The second-order valence-electron chi connectivity index (χ2n) is 5.71. The van der Waals surface area contributed by atoms with Crippen molar-refractivity contribution >= 4 is 15.7 Å². The molecule has 140 valence electrons. The Kier molecular flexibility index (Phi) is 4.73. The second-order valence-corrected chi connectivity index (χ2v) is 7.39. The topological polar surface area (TPSA) is 99.0 Å². The van der Waals surface area contributed by atoms with Crippen molar-refractivity contribution < 1.29 is 13.2 Å². The van der Waals surface area contributed by atoms with Gasteiger partial charge in [-0.2, -0.15) is 5.10 Å². The van der Waals surface area contributed by atoms with Crippen molar-refractivity contribution in [1.82, 2.24) is 19.7 Å². The summed E-state index contributed by atoms with van der Waals surface area (Å²) in [5, 5.41) is 4.11. The average Bonchev–Trinajstić information content (AvgIpc) is 3.25. The van der Waals surface area contributed by atoms with Crippen LogP contribution in [0.1, 0.15) is 0 Å². The molecule has 2 aromatic carbocycles. The largest absolute Gasteiger partial charge is 0.439 e. The standard InChI is InChI=1S/C19H15N5O3S/c25-28(26,17-5-2-1-3-6-17)23-15-7-9-16(10-8-15)27-19-13-18(20-14-21-19)24-12-4-11-22-24/h1-14,23H. The van der Waals surface area contributed by atoms with Crippen LogP contribution in [0.4, 0.5) is 5.69 Å². The Labute approximate surface area is 161 Å². The van der Waals surface area contributed by atoms with Gasteiger partial charge in [0.25, 0.3) is 10.0 Å². The van der Waals surface area contributed by atoms with Crippen LogP contribution in [0.5, 0.6) is 11.6 Å². The van der Waals surface area contributed by atoms with Gasteiger partial charge >= 0.3 is 0 Å². The normalized spacial score (nSPS) is 11.1. The van der Waals surface area contributed by atoms with Crippen molar-refractivity contribution in [1.29, 1.82) is 0 Å². The zero-order chi connectivity index (χ0) is 19.4. The summed E-state index contributed by atoms with van der Waals surface area (Å²) in [4.78, 5) is 8.42. The molecule has 0 saturated heterocycles. The van der Waals surface area contributed by atoms with E-state index in [1.807, 2.05) is 0 Å². The van der Waals surface area contributed by atoms with Crippen molar-refractivity contribution in [3.63, 3.8) is 0 Å². The van der Waals surface area contributed by atoms with E-state index in [2.05, 4.69) is 19.8 Å². The Hall–Kier alpha value is -3.72. The smallest absolute Gasteiger partial charge is 0.261 e. The molecule has 0 unspecified atom stereocenters. The number of ether oxygens (including phenoxy) is 1. The van der Waals surface area contributed by atoms with Crippen LogP contribution in [0.15, 0.2) is 90.3 Å². The predicted octanol–water partition coefficient (Wildman–Crippen LogP) is 3.26. The summed E-state index contributed by atoms with van der Waals surface area (Å²) < 4.78 is 34.6. The van der Waals surface area contributed by atoms with Crippen LogP contribution in [0, 0.1) is 0 Å². The van der Waals surface area contributed by atoms with Gasteiger partial charge < -0.3 is 4.74 Å². The van der Waals surface area contributed by atoms with E-state index in [1.165, 1.54) is 18.5 Å². The summed E-state index contributed by atoms with van der Waals surface area (Å²) in [6, 6.07) is 18.1. The van der Waals surface area contributed by atoms with E-state index >= 15 is 0 Å². The van der Waals surface area contributed by atoms with Gasteiger partial charge in [-0.3, -0.25) is 4.72 Å². The molecule has 0 aliphatic carbocycles. The minimum absolute atomic E-state index is 0.197. The lowest BCUT2D eigenvalue weighted by molar-refractivity contribution is 0.460. The highest BCUT2D eigenvalue weighted by Gasteiger charge is 2.13. The molecule has 0 radical (unpaired) electrons. The molecule has 2 aromatic heterocycles. The number of nitrogens with zero attached hydrogens (tertiary/aromatic N) is 4. The summed E-state index contributed by atoms with van der Waals surface area (Å²) >= 11 is 0. The van der Waals surface area contributed by atoms with Crippen LogP contribution in [0.25, 0.3) is 5.82 Å². The van der Waals surface area contributed by atoms with Crippen LogP contribution >= 0.6 is 0 Å². The third-order valence-electron chi connectivity index (χ3n) is 3.75. The first-order chi connectivity index (χ1) is 13.6. The van der Waals surface area contributed by atoms with E-state index in [1.54, 1.807) is 71.7 Å². The van der Waals surface area contributed by atoms with E-state index in [0.29, 0.717) is 23.1 Å². The van der Waals surface area contributed by atoms with Gasteiger partial charge in [0, 0.05) is 24.1 Å². The van der Waals surface area contributed by atoms with E-state index in [4.69, 9.17) is 4.74 Å². The SMILES string of the molecule is O=S(=O)(Nc1ccc(Oc2cc(-n3cccn3)ncn2)cc1)c1ccccc1. The summed E-state index contributed by atoms with van der Waals surface area (Å²) in [6.07, 6.45) is 4.80. The van der Waals surface area contributed by atoms with Crippen LogP contribution in [0.2, 0.25) is 0 Å². The van der Waals surface area contributed by atoms with Gasteiger partial charge in [-0.1, -0.05) is 18.2 Å². The number of hydrogen-bond acceptors (Lipinski definition) is 6. The molecular formula is C19H15N5O3S. The van der Waals surface area contributed by atoms with Gasteiger partial charge in [0.1, 0.15) is 12.1 Å². The predicted molar refractivity (Wildman–Crippen MR) is 103 cm³/mol. The maximum Gasteiger partial charge on any atom is 0.261 e. The summed E-state index contributed by atoms with van der Waals surface area (Å²) in [7, 11) is -3.64. The first kappa shape index (κ1) is 17.7. The lowest BCUT2D eigenvalue weighted by Gasteiger charge is -2.09. The summed E-state index contributed by atoms with van der Waals surface area (Å²) in [5.74, 6) is 1.42. The fourth-order valence-corrected chi connectivity index (χ4v) is 3.52. The monoisotopic (exact) mass is 393 g/mol. The van der Waals surface area contributed by atoms with Crippen LogP contribution in [0.3, 0.4) is 0 Å². The maximum atomic E-state index is 12.4. The van der Waals surface area contributed by atoms with Gasteiger partial charge in [0.05, 0.1) is 4.90 Å². The number of aromatic nitrogens is 4. The Morgan fingerprint density at radius 2 is 1.71 bits per heavy atom. The van der Waals surface area contributed by atoms with Crippen molar-refractivity contribution in [3.8, 4) is 17.4 Å². The van der Waals surface area contributed by atoms with Crippen LogP contribution in [-0.4, -0.2) is 28.2 Å². The fourth-order valence-electron chi connectivity index (χ4n) is 2.44. The third-order valence-corrected chi connectivity index (χ3v) is 5.15. The molecule has 0 atom stereocenters. The van der Waals surface area contributed by atoms with E-state index in [9.17, 15) is 8.42 Å². The Bertz CT molecular complexity index is 1160. The summed E-state index contributed by atoms with van der Waals surface area (Å²) in [6.45, 7) is 0. The molecule has 4 rings (SSSR count). The molecule has 0 spiro atoms. The first-order valence-electron chi connectivity index (χ1n) is 8.28. The molecular weight excluding hydrogens is 378 g/mol. The van der Waals surface area contributed by atoms with Crippen LogP contribution in [-0.2, 0) is 10.0 Å². The van der Waals surface area contributed by atoms with E-state index < -0.39 is 10.0 Å². The molecule has 0 aliphatic heterocycles. The lowest BCUT2D eigenvalue weighted by Crippen LogP contribution is -2.12. The molecule has 0 fully saturated rings. The average molecular weight is 393 g/mol. The van der Waals surface area contributed by atoms with Crippen molar-refractivity contribution in [3.05, 3.63) is 85.5 Å². The van der Waals surface area contributed by atoms with E-state index in [0.717, 1.165) is 0 Å². The van der Waals surface area contributed by atoms with Gasteiger partial charge in [0.15, 0.2) is 5.82 Å². The molecule has 0 aliphatic rings. The maximum absolute atomic E-state index is 12.4. The Morgan fingerprint density at radius 1 is 0.929 bits per heavy atom. The molecule has 1 N–H and O–H groups in total. The Morgan fingerprint density at radius 3 is 2.43 bits per heavy atom. The van der Waals surface area contributed by atoms with Crippen molar-refractivity contribution in [2.45, 2.75) is 4.90 Å². The lowest BCUT2D eigenvalue weighted by atomic mass is 10.3. The highest BCUT2D eigenvalue weighted by Crippen LogP contribution is 2.23. The van der Waals surface area contributed by atoms with E-state index in [-0.39, 0.29) is 4.90 Å². The minimum Gasteiger partial charge on any atom is -0.439 e. The highest BCUT2D eigenvalue weighted by atomic mass is 32.2. The number of hydrogen-bond donors (Lipinski definition) is 1. The molecule has 0 saturated carbocycles. The molecule has 9 heteroatoms. The molecule has 0 bridgehead atoms. The molecule has 0 amide bonds. The first-order valence-corrected chi connectivity index (χ1v) is 9.76. The third kappa shape index (κ3) is 3.99. The van der Waals surface area contributed by atoms with Gasteiger partial charge in [-0.05, 0) is 42.5 Å². The highest BCUT2D eigenvalue weighted by molar-refractivity contribution is 7.92. The Balaban J connectivity index is 1.48. The molecule has 8 nitrogen and oxygen atoms in total. The second kappa shape index (κ2) is 7.49. The van der Waals surface area contributed by atoms with Crippen molar-refractivity contribution in [2.24, 2.45) is 0 Å². The number of rotatable bonds is 6. The molecule has 2 heterocycles. The number of sulfonamides is 1. The fraction of sp³-hybridized carbons (Fsp3) is 0. The zero-order valence-corrected chi connectivity index (χ0v) is 15.3. The van der Waals surface area contributed by atoms with Gasteiger partial charge in [-0.15, -0.1) is 0 Å². The van der Waals surface area contributed by atoms with Gasteiger partial charge in [0.2, 0.25) is 5.88 Å². The number of anilines is 1. The van der Waals surface area contributed by atoms with Crippen LogP contribution < -0.4 is 9.46 Å².